The van der Waals surface area contributed by atoms with E-state index in [1.807, 2.05) is 17.4 Å². The van der Waals surface area contributed by atoms with Crippen LogP contribution >= 0.6 is 11.3 Å². The third kappa shape index (κ3) is 3.99. The third-order valence-electron chi connectivity index (χ3n) is 3.35. The zero-order chi connectivity index (χ0) is 15.2. The molecule has 21 heavy (non-hydrogen) atoms. The maximum Gasteiger partial charge on any atom is 0.122 e. The molecular weight excluding hydrogens is 282 g/mol. The Hall–Kier alpha value is -1.52. The number of methoxy groups -OCH3 is 2. The molecule has 1 N–H and O–H groups in total. The molecule has 0 radical (unpaired) electrons. The molecule has 1 unspecified atom stereocenters. The molecule has 0 aliphatic heterocycles. The van der Waals surface area contributed by atoms with Gasteiger partial charge < -0.3 is 14.8 Å². The first-order valence-electron chi connectivity index (χ1n) is 7.20. The highest BCUT2D eigenvalue weighted by molar-refractivity contribution is 7.12. The number of rotatable bonds is 7. The van der Waals surface area contributed by atoms with Gasteiger partial charge in [-0.25, -0.2) is 0 Å². The number of thiophene rings is 1. The van der Waals surface area contributed by atoms with E-state index in [4.69, 9.17) is 9.47 Å². The zero-order valence-electron chi connectivity index (χ0n) is 13.1. The number of hydrogen-bond acceptors (Lipinski definition) is 4. The summed E-state index contributed by atoms with van der Waals surface area (Å²) in [6, 6.07) is 10.6. The Morgan fingerprint density at radius 2 is 1.76 bits per heavy atom. The Labute approximate surface area is 130 Å². The van der Waals surface area contributed by atoms with E-state index >= 15 is 0 Å². The van der Waals surface area contributed by atoms with Crippen LogP contribution in [0.1, 0.15) is 34.7 Å². The molecule has 0 saturated heterocycles. The minimum Gasteiger partial charge on any atom is -0.497 e. The Kier molecular flexibility index (Phi) is 5.65. The van der Waals surface area contributed by atoms with Crippen LogP contribution in [0.5, 0.6) is 11.5 Å². The highest BCUT2D eigenvalue weighted by atomic mass is 32.1. The van der Waals surface area contributed by atoms with E-state index in [2.05, 4.69) is 43.4 Å². The molecular formula is C17H23NO2S. The maximum absolute atomic E-state index is 5.39. The fourth-order valence-corrected chi connectivity index (χ4v) is 3.26. The lowest BCUT2D eigenvalue weighted by molar-refractivity contribution is 0.392. The predicted octanol–water partition coefficient (Wildman–Crippen LogP) is 4.16. The molecule has 0 fully saturated rings. The topological polar surface area (TPSA) is 30.5 Å². The van der Waals surface area contributed by atoms with Gasteiger partial charge in [-0.05, 0) is 49.7 Å². The molecule has 2 rings (SSSR count). The summed E-state index contributed by atoms with van der Waals surface area (Å²) in [7, 11) is 3.37. The van der Waals surface area contributed by atoms with Gasteiger partial charge in [-0.3, -0.25) is 0 Å². The van der Waals surface area contributed by atoms with Crippen molar-refractivity contribution in [1.29, 1.82) is 0 Å². The van der Waals surface area contributed by atoms with Gasteiger partial charge in [0.05, 0.1) is 20.3 Å². The van der Waals surface area contributed by atoms with E-state index in [1.165, 1.54) is 15.3 Å². The van der Waals surface area contributed by atoms with Crippen LogP contribution in [-0.4, -0.2) is 20.8 Å². The van der Waals surface area contributed by atoms with E-state index in [1.54, 1.807) is 14.2 Å². The predicted molar refractivity (Wildman–Crippen MR) is 88.7 cm³/mol. The summed E-state index contributed by atoms with van der Waals surface area (Å²) in [5.41, 5.74) is 1.17. The minimum absolute atomic E-state index is 0.174. The van der Waals surface area contributed by atoms with Gasteiger partial charge in [-0.15, -0.1) is 11.3 Å². The Morgan fingerprint density at radius 3 is 2.24 bits per heavy atom. The molecule has 0 saturated carbocycles. The lowest BCUT2D eigenvalue weighted by atomic mass is 10.0. The summed E-state index contributed by atoms with van der Waals surface area (Å²) >= 11 is 1.82. The smallest absolute Gasteiger partial charge is 0.122 e. The van der Waals surface area contributed by atoms with Crippen molar-refractivity contribution in [2.24, 2.45) is 0 Å². The molecule has 1 heterocycles. The zero-order valence-corrected chi connectivity index (χ0v) is 13.9. The molecule has 1 aromatic carbocycles. The van der Waals surface area contributed by atoms with Gasteiger partial charge in [0.2, 0.25) is 0 Å². The van der Waals surface area contributed by atoms with Crippen molar-refractivity contribution in [3.05, 3.63) is 45.6 Å². The highest BCUT2D eigenvalue weighted by Gasteiger charge is 2.17. The van der Waals surface area contributed by atoms with Crippen molar-refractivity contribution >= 4 is 11.3 Å². The largest absolute Gasteiger partial charge is 0.497 e. The van der Waals surface area contributed by atoms with Gasteiger partial charge in [0, 0.05) is 15.8 Å². The highest BCUT2D eigenvalue weighted by Crippen LogP contribution is 2.33. The maximum atomic E-state index is 5.39. The fraction of sp³-hybridized carbons (Fsp3) is 0.412. The first-order valence-corrected chi connectivity index (χ1v) is 8.02. The van der Waals surface area contributed by atoms with E-state index in [0.717, 1.165) is 24.5 Å². The first-order chi connectivity index (χ1) is 10.2. The molecule has 2 aromatic rings. The number of hydrogen-bond donors (Lipinski definition) is 1. The molecule has 0 amide bonds. The lowest BCUT2D eigenvalue weighted by Crippen LogP contribution is -2.22. The van der Waals surface area contributed by atoms with Crippen LogP contribution in [-0.2, 0) is 0 Å². The van der Waals surface area contributed by atoms with Crippen LogP contribution in [0.15, 0.2) is 30.3 Å². The Balaban J connectivity index is 2.40. The van der Waals surface area contributed by atoms with Gasteiger partial charge >= 0.3 is 0 Å². The molecule has 0 bridgehead atoms. The quantitative estimate of drug-likeness (QED) is 0.833. The Morgan fingerprint density at radius 1 is 1.10 bits per heavy atom. The van der Waals surface area contributed by atoms with Crippen molar-refractivity contribution < 1.29 is 9.47 Å². The van der Waals surface area contributed by atoms with Crippen LogP contribution < -0.4 is 14.8 Å². The van der Waals surface area contributed by atoms with Gasteiger partial charge in [0.15, 0.2) is 0 Å². The number of benzene rings is 1. The summed E-state index contributed by atoms with van der Waals surface area (Å²) in [4.78, 5) is 2.64. The van der Waals surface area contributed by atoms with Crippen molar-refractivity contribution in [1.82, 2.24) is 5.32 Å². The number of ether oxygens (including phenoxy) is 2. The fourth-order valence-electron chi connectivity index (χ4n) is 2.28. The van der Waals surface area contributed by atoms with Gasteiger partial charge in [-0.1, -0.05) is 6.92 Å². The molecule has 4 heteroatoms. The summed E-state index contributed by atoms with van der Waals surface area (Å²) < 4.78 is 10.8. The van der Waals surface area contributed by atoms with Crippen LogP contribution in [0.3, 0.4) is 0 Å². The van der Waals surface area contributed by atoms with Crippen LogP contribution in [0, 0.1) is 6.92 Å². The monoisotopic (exact) mass is 305 g/mol. The second kappa shape index (κ2) is 7.48. The SMILES string of the molecule is CCCNC(c1cc(OC)cc(OC)c1)c1ccc(C)s1. The number of nitrogens with one attached hydrogen (secondary N) is 1. The minimum atomic E-state index is 0.174. The summed E-state index contributed by atoms with van der Waals surface area (Å²) in [6.07, 6.45) is 1.10. The second-order valence-corrected chi connectivity index (χ2v) is 6.30. The molecule has 1 atom stereocenters. The summed E-state index contributed by atoms with van der Waals surface area (Å²) in [5, 5.41) is 3.62. The van der Waals surface area contributed by atoms with Gasteiger partial charge in [0.1, 0.15) is 11.5 Å². The average molecular weight is 305 g/mol. The van der Waals surface area contributed by atoms with Crippen molar-refractivity contribution in [3.63, 3.8) is 0 Å². The molecule has 0 spiro atoms. The van der Waals surface area contributed by atoms with Crippen molar-refractivity contribution in [3.8, 4) is 11.5 Å². The van der Waals surface area contributed by atoms with Gasteiger partial charge in [0.25, 0.3) is 0 Å². The molecule has 3 nitrogen and oxygen atoms in total. The average Bonchev–Trinajstić information content (AvgIpc) is 2.93. The van der Waals surface area contributed by atoms with Crippen molar-refractivity contribution in [2.45, 2.75) is 26.3 Å². The third-order valence-corrected chi connectivity index (χ3v) is 4.42. The van der Waals surface area contributed by atoms with Crippen LogP contribution in [0.2, 0.25) is 0 Å². The van der Waals surface area contributed by atoms with Crippen molar-refractivity contribution in [2.75, 3.05) is 20.8 Å². The Bertz CT molecular complexity index is 558. The van der Waals surface area contributed by atoms with E-state index in [0.29, 0.717) is 0 Å². The van der Waals surface area contributed by atoms with Crippen LogP contribution in [0.4, 0.5) is 0 Å². The van der Waals surface area contributed by atoms with Crippen LogP contribution in [0.25, 0.3) is 0 Å². The lowest BCUT2D eigenvalue weighted by Gasteiger charge is -2.19. The number of aryl methyl sites for hydroxylation is 1. The molecule has 0 aliphatic rings. The molecule has 114 valence electrons. The standard InChI is InChI=1S/C17H23NO2S/c1-5-8-18-17(16-7-6-12(2)21-16)13-9-14(19-3)11-15(10-13)20-4/h6-7,9-11,17-18H,5,8H2,1-4H3. The second-order valence-electron chi connectivity index (χ2n) is 4.98. The van der Waals surface area contributed by atoms with E-state index in [9.17, 15) is 0 Å². The molecule has 0 aliphatic carbocycles. The first kappa shape index (κ1) is 15.9. The van der Waals surface area contributed by atoms with Gasteiger partial charge in [-0.2, -0.15) is 0 Å². The molecule has 1 aromatic heterocycles. The summed E-state index contributed by atoms with van der Waals surface area (Å²) in [6.45, 7) is 5.29. The summed E-state index contributed by atoms with van der Waals surface area (Å²) in [5.74, 6) is 1.64. The van der Waals surface area contributed by atoms with E-state index in [-0.39, 0.29) is 6.04 Å². The van der Waals surface area contributed by atoms with E-state index < -0.39 is 0 Å². The normalized spacial score (nSPS) is 12.2.